The molecule has 0 amide bonds. The molecule has 1 unspecified atom stereocenters. The minimum Gasteiger partial charge on any atom is -0.361 e. The van der Waals surface area contributed by atoms with Gasteiger partial charge in [-0.3, -0.25) is 4.99 Å². The molecule has 2 aliphatic rings. The average Bonchev–Trinajstić information content (AvgIpc) is 3.37. The van der Waals surface area contributed by atoms with Crippen LogP contribution in [0.25, 0.3) is 10.9 Å². The Morgan fingerprint density at radius 3 is 2.50 bits per heavy atom. The predicted molar refractivity (Wildman–Crippen MR) is 106 cm³/mol. The van der Waals surface area contributed by atoms with Crippen molar-refractivity contribution in [3.8, 4) is 0 Å². The van der Waals surface area contributed by atoms with Gasteiger partial charge in [0.1, 0.15) is 0 Å². The number of nitrogens with zero attached hydrogens (tertiary/aromatic N) is 1. The van der Waals surface area contributed by atoms with E-state index in [0.29, 0.717) is 0 Å². The Labute approximate surface area is 146 Å². The highest BCUT2D eigenvalue weighted by molar-refractivity contribution is 5.82. The van der Waals surface area contributed by atoms with Crippen molar-refractivity contribution in [2.75, 3.05) is 6.54 Å². The maximum atomic E-state index is 4.09. The molecular weight excluding hydrogens is 294 g/mol. The van der Waals surface area contributed by atoms with Crippen molar-refractivity contribution in [2.24, 2.45) is 4.99 Å². The van der Waals surface area contributed by atoms with Crippen LogP contribution in [0.1, 0.15) is 52.0 Å². The molecule has 3 nitrogen and oxygen atoms in total. The van der Waals surface area contributed by atoms with Crippen molar-refractivity contribution < 1.29 is 0 Å². The first-order valence-corrected chi connectivity index (χ1v) is 9.24. The number of hydrogen-bond acceptors (Lipinski definition) is 2. The second-order valence-corrected chi connectivity index (χ2v) is 6.31. The SMILES string of the molecule is CC1CCCN1.CCC1=CCC=N1.CCc1c[nH]c2ccccc12. The first kappa shape index (κ1) is 18.5. The van der Waals surface area contributed by atoms with Crippen LogP contribution >= 0.6 is 0 Å². The summed E-state index contributed by atoms with van der Waals surface area (Å²) in [5, 5.41) is 4.68. The zero-order chi connectivity index (χ0) is 17.2. The first-order chi connectivity index (χ1) is 11.7. The quantitative estimate of drug-likeness (QED) is 0.778. The van der Waals surface area contributed by atoms with Gasteiger partial charge in [0.15, 0.2) is 0 Å². The van der Waals surface area contributed by atoms with Crippen molar-refractivity contribution in [3.63, 3.8) is 0 Å². The summed E-state index contributed by atoms with van der Waals surface area (Å²) in [6, 6.07) is 9.19. The maximum Gasteiger partial charge on any atom is 0.0456 e. The van der Waals surface area contributed by atoms with Gasteiger partial charge >= 0.3 is 0 Å². The number of hydrogen-bond donors (Lipinski definition) is 2. The number of aromatic nitrogens is 1. The molecule has 0 bridgehead atoms. The molecule has 0 radical (unpaired) electrons. The fourth-order valence-corrected chi connectivity index (χ4v) is 2.93. The molecule has 2 aromatic rings. The number of aliphatic imine (C=N–C) groups is 1. The number of aryl methyl sites for hydroxylation is 1. The lowest BCUT2D eigenvalue weighted by molar-refractivity contribution is 0.664. The number of allylic oxidation sites excluding steroid dienone is 2. The zero-order valence-electron chi connectivity index (χ0n) is 15.3. The fourth-order valence-electron chi connectivity index (χ4n) is 2.93. The third-order valence-electron chi connectivity index (χ3n) is 4.44. The molecule has 0 saturated carbocycles. The van der Waals surface area contributed by atoms with E-state index in [-0.39, 0.29) is 0 Å². The van der Waals surface area contributed by atoms with E-state index in [1.165, 1.54) is 41.5 Å². The summed E-state index contributed by atoms with van der Waals surface area (Å²) in [4.78, 5) is 7.33. The van der Waals surface area contributed by atoms with Crippen molar-refractivity contribution in [1.29, 1.82) is 0 Å². The van der Waals surface area contributed by atoms with Gasteiger partial charge in [-0.25, -0.2) is 0 Å². The molecule has 2 N–H and O–H groups in total. The summed E-state index contributed by atoms with van der Waals surface area (Å²) in [6.45, 7) is 7.76. The van der Waals surface area contributed by atoms with E-state index in [9.17, 15) is 0 Å². The molecule has 2 aliphatic heterocycles. The molecule has 1 aromatic heterocycles. The van der Waals surface area contributed by atoms with Crippen LogP contribution in [0.4, 0.5) is 0 Å². The van der Waals surface area contributed by atoms with E-state index in [2.05, 4.69) is 72.6 Å². The largest absolute Gasteiger partial charge is 0.361 e. The molecule has 0 aliphatic carbocycles. The van der Waals surface area contributed by atoms with E-state index in [1.807, 2.05) is 6.21 Å². The zero-order valence-corrected chi connectivity index (χ0v) is 15.3. The summed E-state index contributed by atoms with van der Waals surface area (Å²) in [5.41, 5.74) is 3.88. The summed E-state index contributed by atoms with van der Waals surface area (Å²) in [7, 11) is 0. The van der Waals surface area contributed by atoms with Gasteiger partial charge in [0.2, 0.25) is 0 Å². The van der Waals surface area contributed by atoms with E-state index in [4.69, 9.17) is 0 Å². The van der Waals surface area contributed by atoms with E-state index in [1.54, 1.807) is 0 Å². The number of rotatable bonds is 2. The summed E-state index contributed by atoms with van der Waals surface area (Å²) >= 11 is 0. The van der Waals surface area contributed by atoms with Gasteiger partial charge < -0.3 is 10.3 Å². The molecule has 1 saturated heterocycles. The number of H-pyrrole nitrogens is 1. The summed E-state index contributed by atoms with van der Waals surface area (Å²) in [6.07, 6.45) is 12.2. The molecule has 3 heterocycles. The lowest BCUT2D eigenvalue weighted by atomic mass is 10.1. The van der Waals surface area contributed by atoms with Gasteiger partial charge in [0, 0.05) is 41.5 Å². The summed E-state index contributed by atoms with van der Waals surface area (Å²) in [5.74, 6) is 0. The fraction of sp³-hybridized carbons (Fsp3) is 0.476. The highest BCUT2D eigenvalue weighted by atomic mass is 14.9. The normalized spacial score (nSPS) is 18.6. The highest BCUT2D eigenvalue weighted by Gasteiger charge is 2.05. The van der Waals surface area contributed by atoms with Gasteiger partial charge in [-0.05, 0) is 50.8 Å². The molecule has 1 fully saturated rings. The molecule has 130 valence electrons. The average molecular weight is 326 g/mol. The van der Waals surface area contributed by atoms with Crippen LogP contribution in [0.15, 0.2) is 47.2 Å². The molecule has 4 rings (SSSR count). The van der Waals surface area contributed by atoms with Gasteiger partial charge in [-0.1, -0.05) is 38.1 Å². The van der Waals surface area contributed by atoms with Crippen LogP contribution in [0, 0.1) is 0 Å². The molecule has 1 atom stereocenters. The predicted octanol–water partition coefficient (Wildman–Crippen LogP) is 5.24. The topological polar surface area (TPSA) is 40.2 Å². The van der Waals surface area contributed by atoms with Gasteiger partial charge in [-0.15, -0.1) is 0 Å². The lowest BCUT2D eigenvalue weighted by Crippen LogP contribution is -2.16. The summed E-state index contributed by atoms with van der Waals surface area (Å²) < 4.78 is 0. The monoisotopic (exact) mass is 325 g/mol. The Balaban J connectivity index is 0.000000139. The van der Waals surface area contributed by atoms with Crippen LogP contribution in [-0.4, -0.2) is 23.8 Å². The maximum absolute atomic E-state index is 4.09. The van der Waals surface area contributed by atoms with Crippen LogP contribution in [0.3, 0.4) is 0 Å². The molecular formula is C21H31N3. The Morgan fingerprint density at radius 1 is 1.17 bits per heavy atom. The van der Waals surface area contributed by atoms with Crippen LogP contribution in [-0.2, 0) is 6.42 Å². The van der Waals surface area contributed by atoms with E-state index in [0.717, 1.165) is 25.3 Å². The van der Waals surface area contributed by atoms with Crippen LogP contribution in [0.5, 0.6) is 0 Å². The van der Waals surface area contributed by atoms with E-state index >= 15 is 0 Å². The minimum atomic E-state index is 0.796. The molecule has 3 heteroatoms. The third-order valence-corrected chi connectivity index (χ3v) is 4.44. The van der Waals surface area contributed by atoms with E-state index < -0.39 is 0 Å². The lowest BCUT2D eigenvalue weighted by Gasteiger charge is -1.95. The molecule has 24 heavy (non-hydrogen) atoms. The smallest absolute Gasteiger partial charge is 0.0456 e. The van der Waals surface area contributed by atoms with Crippen molar-refractivity contribution in [1.82, 2.24) is 10.3 Å². The third kappa shape index (κ3) is 5.64. The van der Waals surface area contributed by atoms with Crippen LogP contribution in [0.2, 0.25) is 0 Å². The van der Waals surface area contributed by atoms with Gasteiger partial charge in [0.05, 0.1) is 0 Å². The van der Waals surface area contributed by atoms with Gasteiger partial charge in [-0.2, -0.15) is 0 Å². The van der Waals surface area contributed by atoms with Crippen molar-refractivity contribution in [3.05, 3.63) is 47.8 Å². The number of nitrogens with one attached hydrogen (secondary N) is 2. The second kappa shape index (κ2) is 10.1. The number of benzene rings is 1. The molecule has 1 aromatic carbocycles. The first-order valence-electron chi connectivity index (χ1n) is 9.24. The second-order valence-electron chi connectivity index (χ2n) is 6.31. The Bertz CT molecular complexity index is 661. The Kier molecular flexibility index (Phi) is 7.76. The number of aromatic amines is 1. The standard InChI is InChI=1S/C10H11N.C6H9N.C5H11N/c1-2-8-7-11-10-6-4-3-5-9(8)10;1-2-6-4-3-5-7-6;1-5-3-2-4-6-5/h3-7,11H,2H2,1H3;4-5H,2-3H2,1H3;5-6H,2-4H2,1H3. The minimum absolute atomic E-state index is 0.796. The molecule has 0 spiro atoms. The number of para-hydroxylation sites is 1. The van der Waals surface area contributed by atoms with Crippen molar-refractivity contribution in [2.45, 2.75) is 58.9 Å². The highest BCUT2D eigenvalue weighted by Crippen LogP contribution is 2.17. The van der Waals surface area contributed by atoms with Gasteiger partial charge in [0.25, 0.3) is 0 Å². The van der Waals surface area contributed by atoms with Crippen molar-refractivity contribution >= 4 is 17.1 Å². The Morgan fingerprint density at radius 2 is 2.00 bits per heavy atom. The van der Waals surface area contributed by atoms with Crippen LogP contribution < -0.4 is 5.32 Å². The number of fused-ring (bicyclic) bond motifs is 1. The Hall–Kier alpha value is -1.87.